The molecule has 4 nitrogen and oxygen atoms in total. The molecule has 0 amide bonds. The zero-order valence-corrected chi connectivity index (χ0v) is 11.5. The molecule has 1 atom stereocenters. The fraction of sp³-hybridized carbons (Fsp3) is 0.214. The molecule has 0 fully saturated rings. The zero-order chi connectivity index (χ0) is 13.4. The van der Waals surface area contributed by atoms with Crippen LogP contribution in [0.15, 0.2) is 40.9 Å². The lowest BCUT2D eigenvalue weighted by atomic mass is 10.1. The van der Waals surface area contributed by atoms with Crippen molar-refractivity contribution in [1.29, 1.82) is 0 Å². The second-order valence-corrected chi connectivity index (χ2v) is 4.82. The molecule has 0 aliphatic heterocycles. The quantitative estimate of drug-likeness (QED) is 0.799. The van der Waals surface area contributed by atoms with Gasteiger partial charge in [-0.3, -0.25) is 4.68 Å². The minimum atomic E-state index is -0.0454. The topological polar surface area (TPSA) is 43.0 Å². The van der Waals surface area contributed by atoms with Gasteiger partial charge in [-0.15, -0.1) is 0 Å². The minimum Gasteiger partial charge on any atom is -0.457 e. The molecule has 0 spiro atoms. The second-order valence-electron chi connectivity index (χ2n) is 4.41. The lowest BCUT2D eigenvalue weighted by Gasteiger charge is -2.13. The van der Waals surface area contributed by atoms with Crippen LogP contribution in [0.3, 0.4) is 0 Å². The highest BCUT2D eigenvalue weighted by atomic mass is 35.5. The molecule has 2 aromatic heterocycles. The van der Waals surface area contributed by atoms with Crippen LogP contribution in [-0.4, -0.2) is 16.8 Å². The van der Waals surface area contributed by atoms with Gasteiger partial charge >= 0.3 is 0 Å². The van der Waals surface area contributed by atoms with E-state index >= 15 is 0 Å². The molecule has 1 aromatic carbocycles. The number of benzene rings is 1. The van der Waals surface area contributed by atoms with Crippen molar-refractivity contribution in [2.45, 2.75) is 6.04 Å². The Morgan fingerprint density at radius 1 is 1.37 bits per heavy atom. The van der Waals surface area contributed by atoms with E-state index in [-0.39, 0.29) is 6.04 Å². The van der Waals surface area contributed by atoms with Crippen molar-refractivity contribution < 1.29 is 4.42 Å². The molecule has 0 bridgehead atoms. The van der Waals surface area contributed by atoms with Crippen molar-refractivity contribution >= 4 is 22.6 Å². The predicted molar refractivity (Wildman–Crippen MR) is 75.3 cm³/mol. The number of para-hydroxylation sites is 1. The number of fused-ring (bicyclic) bond motifs is 1. The first-order valence-corrected chi connectivity index (χ1v) is 6.41. The van der Waals surface area contributed by atoms with Gasteiger partial charge in [-0.05, 0) is 25.2 Å². The molecule has 3 rings (SSSR count). The summed E-state index contributed by atoms with van der Waals surface area (Å²) in [6.45, 7) is 0. The minimum absolute atomic E-state index is 0.0454. The van der Waals surface area contributed by atoms with Gasteiger partial charge in [-0.1, -0.05) is 23.7 Å². The number of furan rings is 1. The highest BCUT2D eigenvalue weighted by Gasteiger charge is 2.20. The van der Waals surface area contributed by atoms with Crippen LogP contribution < -0.4 is 5.32 Å². The summed E-state index contributed by atoms with van der Waals surface area (Å²) < 4.78 is 7.72. The average molecular weight is 276 g/mol. The van der Waals surface area contributed by atoms with Crippen LogP contribution in [0.2, 0.25) is 5.02 Å². The van der Waals surface area contributed by atoms with E-state index < -0.39 is 0 Å². The third-order valence-electron chi connectivity index (χ3n) is 3.24. The normalized spacial score (nSPS) is 13.0. The molecule has 0 aliphatic carbocycles. The molecule has 0 saturated heterocycles. The van der Waals surface area contributed by atoms with Crippen molar-refractivity contribution in [1.82, 2.24) is 15.1 Å². The second kappa shape index (κ2) is 4.72. The molecule has 98 valence electrons. The number of hydrogen-bond donors (Lipinski definition) is 1. The Morgan fingerprint density at radius 2 is 2.21 bits per heavy atom. The molecular weight excluding hydrogens is 262 g/mol. The van der Waals surface area contributed by atoms with Crippen LogP contribution in [0.5, 0.6) is 0 Å². The van der Waals surface area contributed by atoms with Crippen LogP contribution in [-0.2, 0) is 7.05 Å². The van der Waals surface area contributed by atoms with Gasteiger partial charge < -0.3 is 9.73 Å². The number of aryl methyl sites for hydroxylation is 1. The Kier molecular flexibility index (Phi) is 3.05. The number of nitrogens with one attached hydrogen (secondary N) is 1. The van der Waals surface area contributed by atoms with Crippen LogP contribution in [0, 0.1) is 0 Å². The van der Waals surface area contributed by atoms with Crippen LogP contribution in [0.4, 0.5) is 0 Å². The van der Waals surface area contributed by atoms with Crippen molar-refractivity contribution in [2.24, 2.45) is 7.05 Å². The Morgan fingerprint density at radius 3 is 2.84 bits per heavy atom. The monoisotopic (exact) mass is 275 g/mol. The van der Waals surface area contributed by atoms with E-state index in [1.165, 1.54) is 0 Å². The summed E-state index contributed by atoms with van der Waals surface area (Å²) in [4.78, 5) is 0. The first kappa shape index (κ1) is 12.3. The highest BCUT2D eigenvalue weighted by Crippen LogP contribution is 2.31. The van der Waals surface area contributed by atoms with Crippen molar-refractivity contribution in [3.8, 4) is 0 Å². The van der Waals surface area contributed by atoms with Gasteiger partial charge in [0.05, 0.1) is 10.7 Å². The van der Waals surface area contributed by atoms with Crippen molar-refractivity contribution in [2.75, 3.05) is 7.05 Å². The summed E-state index contributed by atoms with van der Waals surface area (Å²) >= 11 is 6.14. The summed E-state index contributed by atoms with van der Waals surface area (Å²) in [6.07, 6.45) is 1.77. The number of rotatable bonds is 3. The van der Waals surface area contributed by atoms with Crippen LogP contribution in [0.25, 0.3) is 11.0 Å². The van der Waals surface area contributed by atoms with Gasteiger partial charge in [0, 0.05) is 18.6 Å². The van der Waals surface area contributed by atoms with Gasteiger partial charge in [0.15, 0.2) is 5.58 Å². The van der Waals surface area contributed by atoms with E-state index in [1.54, 1.807) is 6.20 Å². The number of aromatic nitrogens is 2. The third-order valence-corrected chi connectivity index (χ3v) is 3.54. The van der Waals surface area contributed by atoms with Gasteiger partial charge in [0.25, 0.3) is 0 Å². The molecule has 0 aliphatic rings. The van der Waals surface area contributed by atoms with E-state index in [9.17, 15) is 0 Å². The summed E-state index contributed by atoms with van der Waals surface area (Å²) in [7, 11) is 3.81. The fourth-order valence-electron chi connectivity index (χ4n) is 2.29. The highest BCUT2D eigenvalue weighted by molar-refractivity contribution is 6.34. The molecule has 0 saturated carbocycles. The maximum atomic E-state index is 6.14. The van der Waals surface area contributed by atoms with Gasteiger partial charge in [-0.2, -0.15) is 5.10 Å². The Hall–Kier alpha value is -1.78. The molecule has 19 heavy (non-hydrogen) atoms. The number of nitrogens with zero attached hydrogens (tertiary/aromatic N) is 2. The molecule has 3 aromatic rings. The largest absolute Gasteiger partial charge is 0.457 e. The average Bonchev–Trinajstić information content (AvgIpc) is 2.99. The van der Waals surface area contributed by atoms with Gasteiger partial charge in [-0.25, -0.2) is 0 Å². The summed E-state index contributed by atoms with van der Waals surface area (Å²) in [5, 5.41) is 9.07. The lowest BCUT2D eigenvalue weighted by molar-refractivity contribution is 0.473. The van der Waals surface area contributed by atoms with E-state index in [2.05, 4.69) is 10.4 Å². The Labute approximate surface area is 116 Å². The SMILES string of the molecule is CNC(c1cc2cccc(Cl)c2o1)c1ccnn1C. The first-order valence-electron chi connectivity index (χ1n) is 6.04. The summed E-state index contributed by atoms with van der Waals surface area (Å²) in [5.74, 6) is 0.828. The van der Waals surface area contributed by atoms with Gasteiger partial charge in [0.1, 0.15) is 11.8 Å². The van der Waals surface area contributed by atoms with Crippen LogP contribution >= 0.6 is 11.6 Å². The predicted octanol–water partition coefficient (Wildman–Crippen LogP) is 3.13. The van der Waals surface area contributed by atoms with E-state index in [4.69, 9.17) is 16.0 Å². The van der Waals surface area contributed by atoms with Crippen molar-refractivity contribution in [3.05, 3.63) is 53.0 Å². The standard InChI is InChI=1S/C14H14ClN3O/c1-16-13(11-6-7-17-18(11)2)12-8-9-4-3-5-10(15)14(9)19-12/h3-8,13,16H,1-2H3. The maximum Gasteiger partial charge on any atom is 0.152 e. The lowest BCUT2D eigenvalue weighted by Crippen LogP contribution is -2.20. The Balaban J connectivity index is 2.12. The molecule has 0 radical (unpaired) electrons. The maximum absolute atomic E-state index is 6.14. The van der Waals surface area contributed by atoms with Crippen LogP contribution in [0.1, 0.15) is 17.5 Å². The molecular formula is C14H14ClN3O. The molecule has 2 heterocycles. The zero-order valence-electron chi connectivity index (χ0n) is 10.7. The summed E-state index contributed by atoms with van der Waals surface area (Å²) in [6, 6.07) is 9.67. The van der Waals surface area contributed by atoms with E-state index in [0.29, 0.717) is 5.02 Å². The van der Waals surface area contributed by atoms with Crippen molar-refractivity contribution in [3.63, 3.8) is 0 Å². The first-order chi connectivity index (χ1) is 9.20. The van der Waals surface area contributed by atoms with E-state index in [1.807, 2.05) is 49.1 Å². The molecule has 1 N–H and O–H groups in total. The smallest absolute Gasteiger partial charge is 0.152 e. The number of halogens is 1. The fourth-order valence-corrected chi connectivity index (χ4v) is 2.51. The third kappa shape index (κ3) is 2.03. The summed E-state index contributed by atoms with van der Waals surface area (Å²) in [5.41, 5.74) is 1.76. The van der Waals surface area contributed by atoms with E-state index in [0.717, 1.165) is 22.4 Å². The number of hydrogen-bond acceptors (Lipinski definition) is 3. The molecule has 5 heteroatoms. The van der Waals surface area contributed by atoms with Gasteiger partial charge in [0.2, 0.25) is 0 Å². The molecule has 1 unspecified atom stereocenters. The Bertz CT molecular complexity index is 716.